The highest BCUT2D eigenvalue weighted by molar-refractivity contribution is 5.91. The zero-order valence-corrected chi connectivity index (χ0v) is 16.2. The van der Waals surface area contributed by atoms with Crippen LogP contribution in [0.25, 0.3) is 0 Å². The maximum atomic E-state index is 13.1. The van der Waals surface area contributed by atoms with Crippen molar-refractivity contribution in [1.82, 2.24) is 10.6 Å². The van der Waals surface area contributed by atoms with Crippen molar-refractivity contribution < 1.29 is 28.3 Å². The summed E-state index contributed by atoms with van der Waals surface area (Å²) in [4.78, 5) is 47.5. The molecular weight excluding hydrogens is 369 g/mol. The number of ether oxygens (including phenoxy) is 1. The van der Waals surface area contributed by atoms with E-state index >= 15 is 0 Å². The molecule has 9 heteroatoms. The van der Waals surface area contributed by atoms with Gasteiger partial charge in [-0.3, -0.25) is 19.2 Å². The third-order valence-electron chi connectivity index (χ3n) is 4.01. The van der Waals surface area contributed by atoms with E-state index in [0.29, 0.717) is 5.56 Å². The molecule has 0 radical (unpaired) electrons. The van der Waals surface area contributed by atoms with Gasteiger partial charge in [0.05, 0.1) is 13.0 Å². The number of rotatable bonds is 10. The van der Waals surface area contributed by atoms with Crippen LogP contribution in [-0.2, 0) is 30.3 Å². The monoisotopic (exact) mass is 395 g/mol. The number of nitrogens with two attached hydrogens (primary N) is 1. The van der Waals surface area contributed by atoms with Gasteiger partial charge in [-0.15, -0.1) is 0 Å². The third kappa shape index (κ3) is 7.73. The smallest absolute Gasteiger partial charge is 0.306 e. The second-order valence-corrected chi connectivity index (χ2v) is 6.46. The van der Waals surface area contributed by atoms with Crippen LogP contribution in [0.4, 0.5) is 4.39 Å². The Labute approximate surface area is 163 Å². The molecule has 1 aromatic carbocycles. The topological polar surface area (TPSA) is 128 Å². The average Bonchev–Trinajstić information content (AvgIpc) is 2.60. The Morgan fingerprint density at radius 3 is 2.25 bits per heavy atom. The lowest BCUT2D eigenvalue weighted by Gasteiger charge is -2.25. The number of hydrogen-bond donors (Lipinski definition) is 3. The van der Waals surface area contributed by atoms with Gasteiger partial charge in [-0.1, -0.05) is 19.1 Å². The molecular formula is C19H26FN3O5. The van der Waals surface area contributed by atoms with Crippen LogP contribution in [0, 0.1) is 11.7 Å². The van der Waals surface area contributed by atoms with Crippen molar-refractivity contribution >= 4 is 23.7 Å². The van der Waals surface area contributed by atoms with E-state index < -0.39 is 47.5 Å². The molecule has 4 N–H and O–H groups in total. The quantitative estimate of drug-likeness (QED) is 0.495. The van der Waals surface area contributed by atoms with Gasteiger partial charge in [0.1, 0.15) is 17.9 Å². The van der Waals surface area contributed by atoms with E-state index in [1.165, 1.54) is 31.2 Å². The van der Waals surface area contributed by atoms with Crippen molar-refractivity contribution in [2.75, 3.05) is 6.61 Å². The van der Waals surface area contributed by atoms with Crippen LogP contribution in [0.1, 0.15) is 32.8 Å². The van der Waals surface area contributed by atoms with Gasteiger partial charge in [-0.2, -0.15) is 0 Å². The van der Waals surface area contributed by atoms with Crippen molar-refractivity contribution in [3.8, 4) is 0 Å². The van der Waals surface area contributed by atoms with Gasteiger partial charge >= 0.3 is 5.97 Å². The number of amides is 3. The number of benzene rings is 1. The lowest BCUT2D eigenvalue weighted by molar-refractivity contribution is -0.145. The van der Waals surface area contributed by atoms with Crippen molar-refractivity contribution in [2.24, 2.45) is 11.7 Å². The maximum Gasteiger partial charge on any atom is 0.306 e. The number of hydrogen-bond acceptors (Lipinski definition) is 5. The van der Waals surface area contributed by atoms with Crippen LogP contribution in [0.3, 0.4) is 0 Å². The molecule has 0 aromatic heterocycles. The van der Waals surface area contributed by atoms with Crippen molar-refractivity contribution in [1.29, 1.82) is 0 Å². The zero-order valence-electron chi connectivity index (χ0n) is 16.2. The maximum absolute atomic E-state index is 13.1. The Balaban J connectivity index is 2.89. The first-order valence-corrected chi connectivity index (χ1v) is 8.90. The van der Waals surface area contributed by atoms with Gasteiger partial charge < -0.3 is 21.1 Å². The first-order chi connectivity index (χ1) is 13.1. The van der Waals surface area contributed by atoms with Gasteiger partial charge in [0.15, 0.2) is 0 Å². The van der Waals surface area contributed by atoms with E-state index in [9.17, 15) is 23.6 Å². The largest absolute Gasteiger partial charge is 0.466 e. The summed E-state index contributed by atoms with van der Waals surface area (Å²) >= 11 is 0. The lowest BCUT2D eigenvalue weighted by Crippen LogP contribution is -2.55. The van der Waals surface area contributed by atoms with Crippen molar-refractivity contribution in [2.45, 2.75) is 45.7 Å². The molecule has 1 aromatic rings. The molecule has 0 aliphatic rings. The fourth-order valence-corrected chi connectivity index (χ4v) is 2.66. The van der Waals surface area contributed by atoms with Crippen molar-refractivity contribution in [3.63, 3.8) is 0 Å². The zero-order chi connectivity index (χ0) is 21.3. The highest BCUT2D eigenvalue weighted by atomic mass is 19.1. The molecule has 0 aliphatic carbocycles. The number of esters is 1. The predicted octanol–water partition coefficient (Wildman–Crippen LogP) is 0.432. The van der Waals surface area contributed by atoms with Gasteiger partial charge in [-0.25, -0.2) is 4.39 Å². The molecule has 8 nitrogen and oxygen atoms in total. The van der Waals surface area contributed by atoms with E-state index in [2.05, 4.69) is 10.6 Å². The van der Waals surface area contributed by atoms with Gasteiger partial charge in [0.25, 0.3) is 0 Å². The average molecular weight is 395 g/mol. The third-order valence-corrected chi connectivity index (χ3v) is 4.01. The van der Waals surface area contributed by atoms with E-state index in [0.717, 1.165) is 0 Å². The fraction of sp³-hybridized carbons (Fsp3) is 0.474. The highest BCUT2D eigenvalue weighted by Crippen LogP contribution is 2.11. The summed E-state index contributed by atoms with van der Waals surface area (Å²) in [6, 6.07) is 3.34. The Bertz CT molecular complexity index is 708. The summed E-state index contributed by atoms with van der Waals surface area (Å²) in [5, 5.41) is 4.99. The number of carbonyl (C=O) groups excluding carboxylic acids is 4. The van der Waals surface area contributed by atoms with Crippen LogP contribution in [0.5, 0.6) is 0 Å². The fourth-order valence-electron chi connectivity index (χ4n) is 2.66. The minimum absolute atomic E-state index is 0.0867. The molecule has 0 fully saturated rings. The predicted molar refractivity (Wildman–Crippen MR) is 99.2 cm³/mol. The standard InChI is InChI=1S/C19H26FN3O5/c1-4-28-16(25)9-11(2)17(18(21)26)23-19(27)15(22-12(3)24)10-13-5-7-14(20)8-6-13/h5-8,11,15,17H,4,9-10H2,1-3H3,(H2,21,26)(H,22,24)(H,23,27)/t11-,15-,17-/m1/s1. The van der Waals surface area contributed by atoms with E-state index in [4.69, 9.17) is 10.5 Å². The molecule has 0 saturated heterocycles. The van der Waals surface area contributed by atoms with Crippen LogP contribution in [0.2, 0.25) is 0 Å². The summed E-state index contributed by atoms with van der Waals surface area (Å²) in [5.74, 6) is -3.44. The van der Waals surface area contributed by atoms with Gasteiger partial charge in [0, 0.05) is 13.3 Å². The van der Waals surface area contributed by atoms with Crippen molar-refractivity contribution in [3.05, 3.63) is 35.6 Å². The number of halogens is 1. The molecule has 0 aliphatic heterocycles. The van der Waals surface area contributed by atoms with Crippen LogP contribution < -0.4 is 16.4 Å². The van der Waals surface area contributed by atoms with E-state index in [1.54, 1.807) is 13.8 Å². The first kappa shape index (κ1) is 23.1. The molecule has 0 saturated carbocycles. The summed E-state index contributed by atoms with van der Waals surface area (Å²) < 4.78 is 17.9. The Morgan fingerprint density at radius 1 is 1.14 bits per heavy atom. The Hall–Kier alpha value is -2.97. The second kappa shape index (κ2) is 11.0. The molecule has 0 spiro atoms. The lowest BCUT2D eigenvalue weighted by atomic mass is 9.96. The van der Waals surface area contributed by atoms with Crippen LogP contribution in [-0.4, -0.2) is 42.4 Å². The molecule has 3 atom stereocenters. The molecule has 28 heavy (non-hydrogen) atoms. The van der Waals surface area contributed by atoms with Gasteiger partial charge in [0.2, 0.25) is 17.7 Å². The minimum atomic E-state index is -1.12. The Kier molecular flexibility index (Phi) is 9.07. The van der Waals surface area contributed by atoms with Crippen LogP contribution in [0.15, 0.2) is 24.3 Å². The highest BCUT2D eigenvalue weighted by Gasteiger charge is 2.30. The summed E-state index contributed by atoms with van der Waals surface area (Å²) in [6.07, 6.45) is -0.0199. The Morgan fingerprint density at radius 2 is 1.75 bits per heavy atom. The summed E-state index contributed by atoms with van der Waals surface area (Å²) in [5.41, 5.74) is 5.99. The number of nitrogens with one attached hydrogen (secondary N) is 2. The molecule has 0 bridgehead atoms. The molecule has 1 rings (SSSR count). The molecule has 3 amide bonds. The number of carbonyl (C=O) groups is 4. The number of primary amides is 1. The molecule has 154 valence electrons. The molecule has 0 unspecified atom stereocenters. The minimum Gasteiger partial charge on any atom is -0.466 e. The van der Waals surface area contributed by atoms with E-state index in [1.807, 2.05) is 0 Å². The summed E-state index contributed by atoms with van der Waals surface area (Å²) in [6.45, 7) is 4.69. The SMILES string of the molecule is CCOC(=O)C[C@@H](C)[C@@H](NC(=O)[C@@H](Cc1ccc(F)cc1)NC(C)=O)C(N)=O. The summed E-state index contributed by atoms with van der Waals surface area (Å²) in [7, 11) is 0. The van der Waals surface area contributed by atoms with Gasteiger partial charge in [-0.05, 0) is 30.5 Å². The second-order valence-electron chi connectivity index (χ2n) is 6.46. The van der Waals surface area contributed by atoms with Crippen LogP contribution >= 0.6 is 0 Å². The normalized spacial score (nSPS) is 13.7. The van der Waals surface area contributed by atoms with E-state index in [-0.39, 0.29) is 19.4 Å². The molecule has 0 heterocycles. The first-order valence-electron chi connectivity index (χ1n) is 8.90.